The summed E-state index contributed by atoms with van der Waals surface area (Å²) < 4.78 is 27.2. The van der Waals surface area contributed by atoms with E-state index in [4.69, 9.17) is 0 Å². The van der Waals surface area contributed by atoms with Crippen molar-refractivity contribution in [1.82, 2.24) is 24.9 Å². The summed E-state index contributed by atoms with van der Waals surface area (Å²) in [6, 6.07) is 1.81. The van der Waals surface area contributed by atoms with Crippen molar-refractivity contribution >= 4 is 21.8 Å². The van der Waals surface area contributed by atoms with E-state index in [1.165, 1.54) is 0 Å². The lowest BCUT2D eigenvalue weighted by molar-refractivity contribution is 0.581. The van der Waals surface area contributed by atoms with Crippen LogP contribution in [-0.2, 0) is 10.0 Å². The number of anilines is 2. The lowest BCUT2D eigenvalue weighted by atomic mass is 10.4. The molecule has 9 nitrogen and oxygen atoms in total. The maximum atomic E-state index is 12.3. The summed E-state index contributed by atoms with van der Waals surface area (Å²) in [5.74, 6) is 1.19. The van der Waals surface area contributed by atoms with Crippen LogP contribution in [0.2, 0.25) is 0 Å². The highest BCUT2D eigenvalue weighted by molar-refractivity contribution is 7.89. The maximum Gasteiger partial charge on any atom is 0.244 e. The summed E-state index contributed by atoms with van der Waals surface area (Å²) in [6.45, 7) is 8.53. The third-order valence-corrected chi connectivity index (χ3v) is 4.96. The molecule has 0 fully saturated rings. The largest absolute Gasteiger partial charge is 0.369 e. The summed E-state index contributed by atoms with van der Waals surface area (Å²) in [6.07, 6.45) is 0. The topological polar surface area (TPSA) is 125 Å². The van der Waals surface area contributed by atoms with Gasteiger partial charge in [0.2, 0.25) is 16.0 Å². The molecule has 2 aromatic heterocycles. The normalized spacial score (nSPS) is 11.5. The van der Waals surface area contributed by atoms with E-state index in [1.807, 2.05) is 13.8 Å². The Balaban J connectivity index is 1.93. The molecule has 132 valence electrons. The Morgan fingerprint density at radius 1 is 1.12 bits per heavy atom. The van der Waals surface area contributed by atoms with Crippen molar-refractivity contribution in [3.05, 3.63) is 23.1 Å². The van der Waals surface area contributed by atoms with E-state index in [2.05, 4.69) is 35.5 Å². The molecule has 0 saturated heterocycles. The molecule has 0 aliphatic rings. The minimum absolute atomic E-state index is 0.204. The molecule has 0 bridgehead atoms. The van der Waals surface area contributed by atoms with Crippen LogP contribution in [0.4, 0.5) is 11.8 Å². The van der Waals surface area contributed by atoms with E-state index in [9.17, 15) is 8.42 Å². The van der Waals surface area contributed by atoms with Gasteiger partial charge in [0, 0.05) is 31.4 Å². The van der Waals surface area contributed by atoms with Gasteiger partial charge in [-0.05, 0) is 27.7 Å². The molecule has 0 atom stereocenters. The summed E-state index contributed by atoms with van der Waals surface area (Å²) in [7, 11) is -3.59. The molecule has 0 saturated carbocycles. The van der Waals surface area contributed by atoms with Crippen LogP contribution in [0.3, 0.4) is 0 Å². The van der Waals surface area contributed by atoms with Crippen LogP contribution in [0.15, 0.2) is 11.0 Å². The Hall–Kier alpha value is -2.20. The van der Waals surface area contributed by atoms with Gasteiger partial charge in [0.25, 0.3) is 0 Å². The summed E-state index contributed by atoms with van der Waals surface area (Å²) >= 11 is 0. The smallest absolute Gasteiger partial charge is 0.244 e. The van der Waals surface area contributed by atoms with E-state index < -0.39 is 10.0 Å². The first-order chi connectivity index (χ1) is 11.3. The van der Waals surface area contributed by atoms with Gasteiger partial charge in [-0.15, -0.1) is 0 Å². The van der Waals surface area contributed by atoms with Crippen molar-refractivity contribution < 1.29 is 8.42 Å². The predicted molar refractivity (Wildman–Crippen MR) is 92.7 cm³/mol. The molecule has 0 aliphatic carbocycles. The van der Waals surface area contributed by atoms with E-state index in [-0.39, 0.29) is 11.4 Å². The highest BCUT2D eigenvalue weighted by atomic mass is 32.2. The average Bonchev–Trinajstić information content (AvgIpc) is 2.83. The quantitative estimate of drug-likeness (QED) is 0.521. The number of sulfonamides is 1. The zero-order valence-electron chi connectivity index (χ0n) is 14.3. The zero-order valence-corrected chi connectivity index (χ0v) is 15.1. The second-order valence-corrected chi connectivity index (χ2v) is 7.04. The monoisotopic (exact) mass is 353 g/mol. The first-order valence-corrected chi connectivity index (χ1v) is 9.16. The van der Waals surface area contributed by atoms with E-state index in [1.54, 1.807) is 19.9 Å². The van der Waals surface area contributed by atoms with Crippen LogP contribution in [0, 0.1) is 20.8 Å². The number of aromatic amines is 1. The molecule has 0 radical (unpaired) electrons. The fraction of sp³-hybridized carbons (Fsp3) is 0.500. The third kappa shape index (κ3) is 4.42. The molecule has 24 heavy (non-hydrogen) atoms. The number of hydrogen-bond acceptors (Lipinski definition) is 7. The minimum Gasteiger partial charge on any atom is -0.369 e. The predicted octanol–water partition coefficient (Wildman–Crippen LogP) is 0.947. The van der Waals surface area contributed by atoms with E-state index in [0.717, 1.165) is 12.2 Å². The molecule has 2 aromatic rings. The van der Waals surface area contributed by atoms with Crippen molar-refractivity contribution in [2.24, 2.45) is 0 Å². The fourth-order valence-electron chi connectivity index (χ4n) is 2.28. The number of hydrogen-bond donors (Lipinski definition) is 4. The highest BCUT2D eigenvalue weighted by Crippen LogP contribution is 2.16. The molecule has 2 heterocycles. The minimum atomic E-state index is -3.59. The van der Waals surface area contributed by atoms with Crippen molar-refractivity contribution in [3.8, 4) is 0 Å². The molecule has 4 N–H and O–H groups in total. The van der Waals surface area contributed by atoms with Crippen LogP contribution in [0.5, 0.6) is 0 Å². The molecule has 0 aliphatic heterocycles. The van der Waals surface area contributed by atoms with Crippen LogP contribution in [0.1, 0.15) is 24.0 Å². The molecular weight excluding hydrogens is 330 g/mol. The summed E-state index contributed by atoms with van der Waals surface area (Å²) in [4.78, 5) is 8.77. The van der Waals surface area contributed by atoms with Crippen molar-refractivity contribution in [1.29, 1.82) is 0 Å². The van der Waals surface area contributed by atoms with Crippen molar-refractivity contribution in [2.45, 2.75) is 32.6 Å². The second-order valence-electron chi connectivity index (χ2n) is 5.34. The number of aryl methyl sites for hydroxylation is 3. The molecular formula is C14H23N7O2S. The molecule has 10 heteroatoms. The van der Waals surface area contributed by atoms with Crippen LogP contribution in [0.25, 0.3) is 0 Å². The van der Waals surface area contributed by atoms with Gasteiger partial charge in [0.15, 0.2) is 0 Å². The van der Waals surface area contributed by atoms with E-state index >= 15 is 0 Å². The van der Waals surface area contributed by atoms with Gasteiger partial charge < -0.3 is 10.6 Å². The highest BCUT2D eigenvalue weighted by Gasteiger charge is 2.21. The first kappa shape index (κ1) is 18.1. The fourth-order valence-corrected chi connectivity index (χ4v) is 3.68. The van der Waals surface area contributed by atoms with Crippen molar-refractivity contribution in [2.75, 3.05) is 30.3 Å². The van der Waals surface area contributed by atoms with Crippen molar-refractivity contribution in [3.63, 3.8) is 0 Å². The number of nitrogens with zero attached hydrogens (tertiary/aromatic N) is 3. The molecule has 0 spiro atoms. The number of rotatable bonds is 8. The number of nitrogens with one attached hydrogen (secondary N) is 4. The van der Waals surface area contributed by atoms with E-state index in [0.29, 0.717) is 29.7 Å². The van der Waals surface area contributed by atoms with Gasteiger partial charge in [-0.2, -0.15) is 10.1 Å². The standard InChI is InChI=1S/C14H23N7O2S/c1-5-15-14-18-9(2)8-12(19-14)16-6-7-17-24(22,23)13-10(3)20-21-11(13)4/h8,17H,5-7H2,1-4H3,(H,20,21)(H2,15,16,18,19). The Kier molecular flexibility index (Phi) is 5.73. The van der Waals surface area contributed by atoms with Gasteiger partial charge in [0.1, 0.15) is 10.7 Å². The number of aromatic nitrogens is 4. The maximum absolute atomic E-state index is 12.3. The molecule has 0 aromatic carbocycles. The van der Waals surface area contributed by atoms with Crippen LogP contribution >= 0.6 is 0 Å². The summed E-state index contributed by atoms with van der Waals surface area (Å²) in [5, 5.41) is 12.7. The third-order valence-electron chi connectivity index (χ3n) is 3.24. The average molecular weight is 353 g/mol. The lowest BCUT2D eigenvalue weighted by Crippen LogP contribution is -2.29. The summed E-state index contributed by atoms with van der Waals surface area (Å²) in [5.41, 5.74) is 1.80. The Morgan fingerprint density at radius 2 is 1.88 bits per heavy atom. The van der Waals surface area contributed by atoms with Gasteiger partial charge in [-0.25, -0.2) is 18.1 Å². The van der Waals surface area contributed by atoms with Crippen LogP contribution in [-0.4, -0.2) is 48.2 Å². The van der Waals surface area contributed by atoms with Gasteiger partial charge >= 0.3 is 0 Å². The molecule has 0 amide bonds. The Labute approximate surface area is 141 Å². The second kappa shape index (κ2) is 7.58. The van der Waals surface area contributed by atoms with Crippen LogP contribution < -0.4 is 15.4 Å². The Bertz CT molecular complexity index is 782. The van der Waals surface area contributed by atoms with Gasteiger partial charge in [0.05, 0.1) is 11.4 Å². The Morgan fingerprint density at radius 3 is 2.50 bits per heavy atom. The SMILES string of the molecule is CCNc1nc(C)cc(NCCNS(=O)(=O)c2c(C)n[nH]c2C)n1. The zero-order chi connectivity index (χ0) is 17.7. The lowest BCUT2D eigenvalue weighted by Gasteiger charge is -2.10. The van der Waals surface area contributed by atoms with Gasteiger partial charge in [-0.1, -0.05) is 0 Å². The molecule has 0 unspecified atom stereocenters. The first-order valence-electron chi connectivity index (χ1n) is 7.68. The number of H-pyrrole nitrogens is 1. The molecule has 2 rings (SSSR count). The van der Waals surface area contributed by atoms with Gasteiger partial charge in [-0.3, -0.25) is 5.10 Å².